The maximum Gasteiger partial charge on any atom is 0.260 e. The third-order valence-corrected chi connectivity index (χ3v) is 6.40. The number of Topliss-reactive ketones (excluding diaryl/α,β-unsaturated/α-hetero) is 1. The molecule has 1 unspecified atom stereocenters. The van der Waals surface area contributed by atoms with Crippen molar-refractivity contribution < 1.29 is 22.7 Å². The van der Waals surface area contributed by atoms with Crippen molar-refractivity contribution in [3.8, 4) is 5.75 Å². The lowest BCUT2D eigenvalue weighted by Crippen LogP contribution is -2.51. The fourth-order valence-corrected chi connectivity index (χ4v) is 4.56. The van der Waals surface area contributed by atoms with Gasteiger partial charge < -0.3 is 9.64 Å². The molecule has 142 valence electrons. The van der Waals surface area contributed by atoms with Crippen molar-refractivity contribution in [1.29, 1.82) is 0 Å². The molecule has 0 saturated carbocycles. The van der Waals surface area contributed by atoms with Crippen LogP contribution < -0.4 is 4.74 Å². The lowest BCUT2D eigenvalue weighted by Gasteiger charge is -2.33. The molecule has 1 saturated heterocycles. The molecule has 0 bridgehead atoms. The Morgan fingerprint density at radius 3 is 2.50 bits per heavy atom. The third-order valence-electron chi connectivity index (χ3n) is 5.10. The fraction of sp³-hybridized carbons (Fsp3) is 0.556. The SMILES string of the molecule is Cc1ccc(OCC(=O)N2CCN(S(C)(=O)=O)CC2)c2c1C(C)CC2=O. The largest absolute Gasteiger partial charge is 0.483 e. The molecule has 1 aromatic rings. The first-order valence-corrected chi connectivity index (χ1v) is 10.6. The molecule has 8 heteroatoms. The second-order valence-corrected chi connectivity index (χ2v) is 9.01. The lowest BCUT2D eigenvalue weighted by molar-refractivity contribution is -0.134. The summed E-state index contributed by atoms with van der Waals surface area (Å²) in [6.45, 7) is 5.11. The highest BCUT2D eigenvalue weighted by Crippen LogP contribution is 2.40. The van der Waals surface area contributed by atoms with E-state index in [0.717, 1.165) is 11.1 Å². The Morgan fingerprint density at radius 2 is 1.88 bits per heavy atom. The molecule has 1 atom stereocenters. The second kappa shape index (κ2) is 7.00. The van der Waals surface area contributed by atoms with E-state index in [-0.39, 0.29) is 24.2 Å². The molecule has 1 aliphatic heterocycles. The zero-order valence-corrected chi connectivity index (χ0v) is 16.1. The van der Waals surface area contributed by atoms with Gasteiger partial charge in [0.2, 0.25) is 10.0 Å². The van der Waals surface area contributed by atoms with Crippen LogP contribution in [0.5, 0.6) is 5.75 Å². The smallest absolute Gasteiger partial charge is 0.260 e. The minimum atomic E-state index is -3.23. The minimum absolute atomic E-state index is 0.0559. The highest BCUT2D eigenvalue weighted by Gasteiger charge is 2.32. The van der Waals surface area contributed by atoms with E-state index < -0.39 is 10.0 Å². The number of amides is 1. The second-order valence-electron chi connectivity index (χ2n) is 7.03. The van der Waals surface area contributed by atoms with Crippen LogP contribution in [-0.4, -0.2) is 68.4 Å². The van der Waals surface area contributed by atoms with E-state index in [2.05, 4.69) is 0 Å². The van der Waals surface area contributed by atoms with Gasteiger partial charge in [-0.05, 0) is 30.0 Å². The Bertz CT molecular complexity index is 841. The van der Waals surface area contributed by atoms with Gasteiger partial charge in [-0.25, -0.2) is 8.42 Å². The molecule has 3 rings (SSSR count). The first-order valence-electron chi connectivity index (χ1n) is 8.71. The van der Waals surface area contributed by atoms with Crippen molar-refractivity contribution in [1.82, 2.24) is 9.21 Å². The van der Waals surface area contributed by atoms with Crippen molar-refractivity contribution in [2.24, 2.45) is 0 Å². The molecule has 26 heavy (non-hydrogen) atoms. The highest BCUT2D eigenvalue weighted by atomic mass is 32.2. The van der Waals surface area contributed by atoms with Crippen LogP contribution in [0.4, 0.5) is 0 Å². The Kier molecular flexibility index (Phi) is 5.07. The predicted octanol–water partition coefficient (Wildman–Crippen LogP) is 1.17. The van der Waals surface area contributed by atoms with E-state index in [4.69, 9.17) is 4.74 Å². The molecule has 1 aliphatic carbocycles. The summed E-state index contributed by atoms with van der Waals surface area (Å²) < 4.78 is 30.1. The van der Waals surface area contributed by atoms with Crippen molar-refractivity contribution in [3.05, 3.63) is 28.8 Å². The average molecular weight is 380 g/mol. The number of ether oxygens (including phenoxy) is 1. The molecule has 0 aromatic heterocycles. The number of hydrogen-bond donors (Lipinski definition) is 0. The molecule has 7 nitrogen and oxygen atoms in total. The quantitative estimate of drug-likeness (QED) is 0.783. The number of carbonyl (C=O) groups excluding carboxylic acids is 2. The Hall–Kier alpha value is -1.93. The number of hydrogen-bond acceptors (Lipinski definition) is 5. The highest BCUT2D eigenvalue weighted by molar-refractivity contribution is 7.88. The van der Waals surface area contributed by atoms with Gasteiger partial charge in [-0.1, -0.05) is 13.0 Å². The van der Waals surface area contributed by atoms with Crippen LogP contribution in [-0.2, 0) is 14.8 Å². The van der Waals surface area contributed by atoms with E-state index in [1.807, 2.05) is 19.9 Å². The number of rotatable bonds is 4. The fourth-order valence-electron chi connectivity index (χ4n) is 3.73. The Morgan fingerprint density at radius 1 is 1.23 bits per heavy atom. The first kappa shape index (κ1) is 18.8. The summed E-state index contributed by atoms with van der Waals surface area (Å²) >= 11 is 0. The van der Waals surface area contributed by atoms with E-state index in [0.29, 0.717) is 43.9 Å². The summed E-state index contributed by atoms with van der Waals surface area (Å²) in [5.41, 5.74) is 2.68. The summed E-state index contributed by atoms with van der Waals surface area (Å²) in [5, 5.41) is 0. The summed E-state index contributed by atoms with van der Waals surface area (Å²) in [6.07, 6.45) is 1.64. The number of ketones is 1. The van der Waals surface area contributed by atoms with Crippen molar-refractivity contribution in [2.75, 3.05) is 39.0 Å². The van der Waals surface area contributed by atoms with Gasteiger partial charge in [0.25, 0.3) is 5.91 Å². The van der Waals surface area contributed by atoms with E-state index in [9.17, 15) is 18.0 Å². The zero-order valence-electron chi connectivity index (χ0n) is 15.3. The number of benzene rings is 1. The van der Waals surface area contributed by atoms with Crippen LogP contribution in [0.25, 0.3) is 0 Å². The maximum atomic E-state index is 12.4. The molecule has 1 heterocycles. The molecular weight excluding hydrogens is 356 g/mol. The molecule has 0 spiro atoms. The van der Waals surface area contributed by atoms with Crippen LogP contribution in [0.3, 0.4) is 0 Å². The van der Waals surface area contributed by atoms with Crippen LogP contribution >= 0.6 is 0 Å². The maximum absolute atomic E-state index is 12.4. The van der Waals surface area contributed by atoms with Crippen LogP contribution in [0, 0.1) is 6.92 Å². The minimum Gasteiger partial charge on any atom is -0.483 e. The van der Waals surface area contributed by atoms with Crippen molar-refractivity contribution in [2.45, 2.75) is 26.2 Å². The van der Waals surface area contributed by atoms with Crippen LogP contribution in [0.15, 0.2) is 12.1 Å². The van der Waals surface area contributed by atoms with E-state index in [1.165, 1.54) is 10.6 Å². The normalized spacial score (nSPS) is 21.0. The van der Waals surface area contributed by atoms with Gasteiger partial charge in [0.15, 0.2) is 12.4 Å². The van der Waals surface area contributed by atoms with E-state index in [1.54, 1.807) is 11.0 Å². The summed E-state index contributed by atoms with van der Waals surface area (Å²) in [6, 6.07) is 3.66. The average Bonchev–Trinajstić information content (AvgIpc) is 2.89. The predicted molar refractivity (Wildman–Crippen MR) is 97.0 cm³/mol. The summed E-state index contributed by atoms with van der Waals surface area (Å²) in [5.74, 6) is 0.482. The Balaban J connectivity index is 1.64. The monoisotopic (exact) mass is 380 g/mol. The molecule has 0 radical (unpaired) electrons. The van der Waals surface area contributed by atoms with Crippen molar-refractivity contribution in [3.63, 3.8) is 0 Å². The topological polar surface area (TPSA) is 84.0 Å². The van der Waals surface area contributed by atoms with Crippen LogP contribution in [0.1, 0.15) is 40.7 Å². The number of nitrogens with zero attached hydrogens (tertiary/aromatic N) is 2. The van der Waals surface area contributed by atoms with Gasteiger partial charge in [0.05, 0.1) is 11.8 Å². The number of fused-ring (bicyclic) bond motifs is 1. The van der Waals surface area contributed by atoms with Gasteiger partial charge in [0, 0.05) is 32.6 Å². The first-order chi connectivity index (χ1) is 12.2. The Labute approximate surface area is 154 Å². The lowest BCUT2D eigenvalue weighted by atomic mass is 9.97. The molecule has 1 amide bonds. The number of piperazine rings is 1. The van der Waals surface area contributed by atoms with Crippen LogP contribution in [0.2, 0.25) is 0 Å². The number of carbonyl (C=O) groups is 2. The van der Waals surface area contributed by atoms with Gasteiger partial charge in [0.1, 0.15) is 5.75 Å². The van der Waals surface area contributed by atoms with Crippen molar-refractivity contribution >= 4 is 21.7 Å². The van der Waals surface area contributed by atoms with Gasteiger partial charge in [-0.3, -0.25) is 9.59 Å². The molecular formula is C18H24N2O5S. The molecule has 1 aromatic carbocycles. The standard InChI is InChI=1S/C18H24N2O5S/c1-12-4-5-15(18-14(21)10-13(2)17(12)18)25-11-16(22)19-6-8-20(9-7-19)26(3,23)24/h4-5,13H,6-11H2,1-3H3. The summed E-state index contributed by atoms with van der Waals surface area (Å²) in [7, 11) is -3.23. The van der Waals surface area contributed by atoms with Gasteiger partial charge in [-0.2, -0.15) is 4.31 Å². The zero-order chi connectivity index (χ0) is 19.1. The molecule has 1 fully saturated rings. The number of aryl methyl sites for hydroxylation is 1. The van der Waals surface area contributed by atoms with Gasteiger partial charge >= 0.3 is 0 Å². The van der Waals surface area contributed by atoms with E-state index >= 15 is 0 Å². The summed E-state index contributed by atoms with van der Waals surface area (Å²) in [4.78, 5) is 26.3. The van der Waals surface area contributed by atoms with Gasteiger partial charge in [-0.15, -0.1) is 0 Å². The third kappa shape index (κ3) is 3.61. The molecule has 0 N–H and O–H groups in total. The molecule has 2 aliphatic rings. The number of sulfonamides is 1.